The molecule has 4 N–H and O–H groups in total. The number of aromatic nitrogens is 1. The van der Waals surface area contributed by atoms with Crippen LogP contribution in [0.2, 0.25) is 0 Å². The van der Waals surface area contributed by atoms with Crippen LogP contribution in [-0.4, -0.2) is 39.3 Å². The van der Waals surface area contributed by atoms with Crippen LogP contribution < -0.4 is 10.8 Å². The van der Waals surface area contributed by atoms with Gasteiger partial charge in [-0.3, -0.25) is 14.8 Å². The van der Waals surface area contributed by atoms with E-state index in [1.54, 1.807) is 12.1 Å². The molecule has 1 aromatic heterocycles. The van der Waals surface area contributed by atoms with Crippen molar-refractivity contribution in [2.75, 3.05) is 0 Å². The normalized spacial score (nSPS) is 12.5. The Hall–Kier alpha value is -2.77. The van der Waals surface area contributed by atoms with E-state index in [2.05, 4.69) is 10.3 Å². The first-order chi connectivity index (χ1) is 11.0. The maximum absolute atomic E-state index is 12.2. The monoisotopic (exact) mass is 331 g/mol. The Morgan fingerprint density at radius 1 is 1.08 bits per heavy atom. The highest BCUT2D eigenvalue weighted by Gasteiger charge is 2.26. The summed E-state index contributed by atoms with van der Waals surface area (Å²) >= 11 is 0. The predicted octanol–water partition coefficient (Wildman–Crippen LogP) is 1.37. The van der Waals surface area contributed by atoms with Crippen LogP contribution in [0.5, 0.6) is 0 Å². The van der Waals surface area contributed by atoms with E-state index < -0.39 is 24.0 Å². The molecule has 0 bridgehead atoms. The molecule has 1 aromatic carbocycles. The van der Waals surface area contributed by atoms with Crippen LogP contribution in [0.15, 0.2) is 48.5 Å². The Labute approximate surface area is 140 Å². The van der Waals surface area contributed by atoms with Gasteiger partial charge in [0.25, 0.3) is 11.8 Å². The second kappa shape index (κ2) is 8.76. The largest absolute Gasteiger partial charge is 0.391 e. The number of rotatable bonds is 5. The van der Waals surface area contributed by atoms with Crippen LogP contribution in [0.1, 0.15) is 24.8 Å². The number of nitrogens with one attached hydrogen (secondary N) is 2. The molecule has 2 amide bonds. The van der Waals surface area contributed by atoms with E-state index >= 15 is 0 Å². The summed E-state index contributed by atoms with van der Waals surface area (Å²) in [6.07, 6.45) is -1.18. The van der Waals surface area contributed by atoms with Crippen LogP contribution in [0.4, 0.5) is 0 Å². The summed E-state index contributed by atoms with van der Waals surface area (Å²) in [6, 6.07) is 13.0. The number of carbonyl (C=O) groups excluding carboxylic acids is 2. The number of amides is 2. The fourth-order valence-corrected chi connectivity index (χ4v) is 2.02. The SMILES string of the molecule is C.C[C@@H](O)[C@H](NC(=O)c1cccc(-c2ccccc2)n1)C(=O)NO. The zero-order valence-corrected chi connectivity index (χ0v) is 12.4. The smallest absolute Gasteiger partial charge is 0.270 e. The summed E-state index contributed by atoms with van der Waals surface area (Å²) in [6.45, 7) is 1.33. The van der Waals surface area contributed by atoms with Crippen molar-refractivity contribution in [1.82, 2.24) is 15.8 Å². The molecule has 0 unspecified atom stereocenters. The van der Waals surface area contributed by atoms with Gasteiger partial charge in [0.2, 0.25) is 0 Å². The highest BCUT2D eigenvalue weighted by molar-refractivity contribution is 5.96. The molecule has 0 saturated carbocycles. The molecular formula is C17H21N3O4. The minimum Gasteiger partial charge on any atom is -0.391 e. The number of pyridine rings is 1. The van der Waals surface area contributed by atoms with Crippen molar-refractivity contribution in [2.24, 2.45) is 0 Å². The van der Waals surface area contributed by atoms with Gasteiger partial charge in [-0.2, -0.15) is 0 Å². The van der Waals surface area contributed by atoms with Gasteiger partial charge >= 0.3 is 0 Å². The van der Waals surface area contributed by atoms with Gasteiger partial charge in [-0.15, -0.1) is 0 Å². The number of aliphatic hydroxyl groups excluding tert-OH is 1. The molecule has 0 saturated heterocycles. The lowest BCUT2D eigenvalue weighted by Crippen LogP contribution is -2.51. The lowest BCUT2D eigenvalue weighted by molar-refractivity contribution is -0.133. The topological polar surface area (TPSA) is 112 Å². The zero-order chi connectivity index (χ0) is 16.8. The summed E-state index contributed by atoms with van der Waals surface area (Å²) in [5, 5.41) is 20.5. The van der Waals surface area contributed by atoms with E-state index in [-0.39, 0.29) is 13.1 Å². The standard InChI is InChI=1S/C16H17N3O4.CH4/c1-10(20)14(16(22)19-23)18-15(21)13-9-5-8-12(17-13)11-6-3-2-4-7-11;/h2-10,14,20,23H,1H3,(H,18,21)(H,19,22);1H4/t10-,14+;/m1./s1. The number of benzene rings is 1. The summed E-state index contributed by atoms with van der Waals surface area (Å²) in [5.74, 6) is -1.54. The van der Waals surface area contributed by atoms with Crippen LogP contribution in [0, 0.1) is 0 Å². The quantitative estimate of drug-likeness (QED) is 0.488. The molecular weight excluding hydrogens is 310 g/mol. The van der Waals surface area contributed by atoms with Gasteiger partial charge in [-0.05, 0) is 19.1 Å². The van der Waals surface area contributed by atoms with Gasteiger partial charge in [0.15, 0.2) is 0 Å². The summed E-state index contributed by atoms with van der Waals surface area (Å²) in [5.41, 5.74) is 2.97. The van der Waals surface area contributed by atoms with E-state index in [0.29, 0.717) is 5.69 Å². The number of carbonyl (C=O) groups is 2. The molecule has 0 fully saturated rings. The van der Waals surface area contributed by atoms with E-state index in [9.17, 15) is 14.7 Å². The fraction of sp³-hybridized carbons (Fsp3) is 0.235. The number of hydrogen-bond donors (Lipinski definition) is 4. The van der Waals surface area contributed by atoms with E-state index in [0.717, 1.165) is 5.56 Å². The minimum absolute atomic E-state index is 0. The summed E-state index contributed by atoms with van der Waals surface area (Å²) in [4.78, 5) is 27.9. The van der Waals surface area contributed by atoms with Crippen molar-refractivity contribution in [3.63, 3.8) is 0 Å². The van der Waals surface area contributed by atoms with Crippen LogP contribution in [-0.2, 0) is 4.79 Å². The third-order valence-electron chi connectivity index (χ3n) is 3.21. The number of hydroxylamine groups is 1. The van der Waals surface area contributed by atoms with Crippen molar-refractivity contribution in [3.05, 3.63) is 54.2 Å². The van der Waals surface area contributed by atoms with Crippen molar-refractivity contribution in [1.29, 1.82) is 0 Å². The molecule has 0 aliphatic heterocycles. The molecule has 128 valence electrons. The maximum Gasteiger partial charge on any atom is 0.270 e. The van der Waals surface area contributed by atoms with Gasteiger partial charge in [0, 0.05) is 5.56 Å². The fourth-order valence-electron chi connectivity index (χ4n) is 2.02. The Balaban J connectivity index is 0.00000288. The molecule has 2 rings (SSSR count). The van der Waals surface area contributed by atoms with Gasteiger partial charge in [0.05, 0.1) is 11.8 Å². The molecule has 0 radical (unpaired) electrons. The average molecular weight is 331 g/mol. The van der Waals surface area contributed by atoms with Gasteiger partial charge in [-0.25, -0.2) is 10.5 Å². The highest BCUT2D eigenvalue weighted by Crippen LogP contribution is 2.16. The maximum atomic E-state index is 12.2. The van der Waals surface area contributed by atoms with Crippen LogP contribution in [0.3, 0.4) is 0 Å². The Morgan fingerprint density at radius 2 is 1.75 bits per heavy atom. The lowest BCUT2D eigenvalue weighted by Gasteiger charge is -2.19. The first kappa shape index (κ1) is 19.3. The second-order valence-electron chi connectivity index (χ2n) is 4.94. The van der Waals surface area contributed by atoms with Crippen molar-refractivity contribution in [3.8, 4) is 11.3 Å². The van der Waals surface area contributed by atoms with Crippen LogP contribution in [0.25, 0.3) is 11.3 Å². The van der Waals surface area contributed by atoms with Gasteiger partial charge in [0.1, 0.15) is 11.7 Å². The molecule has 0 aliphatic rings. The molecule has 2 aromatic rings. The first-order valence-electron chi connectivity index (χ1n) is 6.98. The second-order valence-corrected chi connectivity index (χ2v) is 4.94. The Bertz CT molecular complexity index is 689. The third kappa shape index (κ3) is 4.61. The van der Waals surface area contributed by atoms with E-state index in [1.807, 2.05) is 30.3 Å². The third-order valence-corrected chi connectivity index (χ3v) is 3.21. The number of hydrogen-bond acceptors (Lipinski definition) is 5. The number of aliphatic hydroxyl groups is 1. The lowest BCUT2D eigenvalue weighted by atomic mass is 10.1. The minimum atomic E-state index is -1.28. The molecule has 1 heterocycles. The Kier molecular flexibility index (Phi) is 7.03. The molecule has 2 atom stereocenters. The molecule has 7 nitrogen and oxygen atoms in total. The first-order valence-corrected chi connectivity index (χ1v) is 6.98. The van der Waals surface area contributed by atoms with Gasteiger partial charge < -0.3 is 10.4 Å². The molecule has 24 heavy (non-hydrogen) atoms. The van der Waals surface area contributed by atoms with E-state index in [1.165, 1.54) is 18.5 Å². The van der Waals surface area contributed by atoms with Crippen molar-refractivity contribution < 1.29 is 19.9 Å². The Morgan fingerprint density at radius 3 is 2.33 bits per heavy atom. The zero-order valence-electron chi connectivity index (χ0n) is 12.4. The van der Waals surface area contributed by atoms with Crippen molar-refractivity contribution >= 4 is 11.8 Å². The summed E-state index contributed by atoms with van der Waals surface area (Å²) in [7, 11) is 0. The molecule has 0 spiro atoms. The highest BCUT2D eigenvalue weighted by atomic mass is 16.5. The average Bonchev–Trinajstić information content (AvgIpc) is 2.59. The summed E-state index contributed by atoms with van der Waals surface area (Å²) < 4.78 is 0. The van der Waals surface area contributed by atoms with Crippen LogP contribution >= 0.6 is 0 Å². The molecule has 7 heteroatoms. The van der Waals surface area contributed by atoms with E-state index in [4.69, 9.17) is 5.21 Å². The number of nitrogens with zero attached hydrogens (tertiary/aromatic N) is 1. The van der Waals surface area contributed by atoms with Gasteiger partial charge in [-0.1, -0.05) is 43.8 Å². The predicted molar refractivity (Wildman–Crippen MR) is 89.3 cm³/mol. The molecule has 0 aliphatic carbocycles. The van der Waals surface area contributed by atoms with Crippen molar-refractivity contribution in [2.45, 2.75) is 26.5 Å².